The molecule has 6 heteroatoms. The lowest BCUT2D eigenvalue weighted by atomic mass is 9.96. The van der Waals surface area contributed by atoms with Crippen molar-refractivity contribution in [1.29, 1.82) is 0 Å². The van der Waals surface area contributed by atoms with E-state index in [2.05, 4.69) is 41.5 Å². The first-order chi connectivity index (χ1) is 16.1. The van der Waals surface area contributed by atoms with Gasteiger partial charge in [-0.2, -0.15) is 0 Å². The molecular formula is C28H40O6. The average Bonchev–Trinajstić information content (AvgIpc) is 2.78. The minimum atomic E-state index is -0.941. The van der Waals surface area contributed by atoms with E-state index >= 15 is 0 Å². The van der Waals surface area contributed by atoms with Crippen LogP contribution in [0.4, 0.5) is 0 Å². The Hall–Kier alpha value is -2.73. The van der Waals surface area contributed by atoms with Crippen molar-refractivity contribution >= 4 is 5.97 Å². The summed E-state index contributed by atoms with van der Waals surface area (Å²) in [6.45, 7) is 14.1. The first-order valence-corrected chi connectivity index (χ1v) is 12.1. The van der Waals surface area contributed by atoms with Gasteiger partial charge in [-0.1, -0.05) is 47.6 Å². The molecule has 0 amide bonds. The summed E-state index contributed by atoms with van der Waals surface area (Å²) in [7, 11) is 0. The molecule has 0 aliphatic rings. The van der Waals surface area contributed by atoms with Gasteiger partial charge in [-0.3, -0.25) is 4.79 Å². The van der Waals surface area contributed by atoms with Gasteiger partial charge in [-0.05, 0) is 59.6 Å². The molecule has 2 aromatic rings. The van der Waals surface area contributed by atoms with Crippen LogP contribution in [0.15, 0.2) is 36.4 Å². The zero-order chi connectivity index (χ0) is 25.3. The van der Waals surface area contributed by atoms with Crippen molar-refractivity contribution in [2.24, 2.45) is 17.8 Å². The van der Waals surface area contributed by atoms with Gasteiger partial charge in [0, 0.05) is 18.1 Å². The molecular weight excluding hydrogens is 432 g/mol. The van der Waals surface area contributed by atoms with E-state index in [9.17, 15) is 9.90 Å². The number of carboxylic acid groups (broad SMARTS) is 1. The van der Waals surface area contributed by atoms with Crippen molar-refractivity contribution < 1.29 is 29.2 Å². The quantitative estimate of drug-likeness (QED) is 0.357. The van der Waals surface area contributed by atoms with Gasteiger partial charge in [-0.25, -0.2) is 0 Å². The second-order valence-electron chi connectivity index (χ2n) is 9.98. The molecule has 0 spiro atoms. The van der Waals surface area contributed by atoms with Crippen LogP contribution in [0.1, 0.15) is 70.8 Å². The summed E-state index contributed by atoms with van der Waals surface area (Å²) in [5.74, 6) is 2.12. The Morgan fingerprint density at radius 2 is 1.38 bits per heavy atom. The molecule has 0 heterocycles. The summed E-state index contributed by atoms with van der Waals surface area (Å²) in [5.41, 5.74) is 2.06. The van der Waals surface area contributed by atoms with Crippen LogP contribution in [-0.2, 0) is 11.2 Å². The monoisotopic (exact) mass is 472 g/mol. The summed E-state index contributed by atoms with van der Waals surface area (Å²) in [4.78, 5) is 11.2. The van der Waals surface area contributed by atoms with E-state index in [1.165, 1.54) is 0 Å². The maximum absolute atomic E-state index is 11.3. The molecule has 0 saturated carbocycles. The van der Waals surface area contributed by atoms with Crippen LogP contribution in [0, 0.1) is 17.8 Å². The number of aryl methyl sites for hydroxylation is 1. The molecule has 0 aliphatic heterocycles. The summed E-state index contributed by atoms with van der Waals surface area (Å²) in [6.07, 6.45) is -0.631. The normalized spacial score (nSPS) is 12.3. The largest absolute Gasteiger partial charge is 0.493 e. The molecule has 188 valence electrons. The topological polar surface area (TPSA) is 85.2 Å². The second-order valence-corrected chi connectivity index (χ2v) is 9.98. The van der Waals surface area contributed by atoms with Gasteiger partial charge in [0.15, 0.2) is 0 Å². The molecule has 0 saturated heterocycles. The molecule has 2 N–H and O–H groups in total. The minimum absolute atomic E-state index is 0.0117. The molecule has 2 rings (SSSR count). The summed E-state index contributed by atoms with van der Waals surface area (Å²) < 4.78 is 17.8. The molecule has 1 unspecified atom stereocenters. The number of ether oxygens (including phenoxy) is 3. The van der Waals surface area contributed by atoms with Crippen LogP contribution in [-0.4, -0.2) is 36.0 Å². The lowest BCUT2D eigenvalue weighted by molar-refractivity contribution is -0.136. The number of hydrogen-bond donors (Lipinski definition) is 2. The molecule has 34 heavy (non-hydrogen) atoms. The standard InChI is InChI=1S/C28H40O6/c1-18(2)15-32-23-9-10-24(26(14-23)34-17-20(5)6)28(31)22-7-11-25(33-16-19(3)4)21(13-22)8-12-27(29)30/h7,9-11,13-14,18-20,28,31H,8,12,15-17H2,1-6H3,(H,29,30). The Balaban J connectivity index is 2.37. The van der Waals surface area contributed by atoms with Crippen LogP contribution < -0.4 is 14.2 Å². The van der Waals surface area contributed by atoms with Gasteiger partial charge < -0.3 is 24.4 Å². The second kappa shape index (κ2) is 13.2. The maximum Gasteiger partial charge on any atom is 0.303 e. The lowest BCUT2D eigenvalue weighted by Crippen LogP contribution is -2.11. The van der Waals surface area contributed by atoms with E-state index in [0.29, 0.717) is 72.4 Å². The molecule has 0 bridgehead atoms. The summed E-state index contributed by atoms with van der Waals surface area (Å²) in [5, 5.41) is 20.4. The van der Waals surface area contributed by atoms with E-state index in [-0.39, 0.29) is 6.42 Å². The van der Waals surface area contributed by atoms with Crippen molar-refractivity contribution in [2.75, 3.05) is 19.8 Å². The number of benzene rings is 2. The van der Waals surface area contributed by atoms with E-state index in [1.54, 1.807) is 0 Å². The number of carboxylic acids is 1. The van der Waals surface area contributed by atoms with E-state index in [4.69, 9.17) is 19.3 Å². The number of hydrogen-bond acceptors (Lipinski definition) is 5. The number of aliphatic hydroxyl groups is 1. The minimum Gasteiger partial charge on any atom is -0.493 e. The smallest absolute Gasteiger partial charge is 0.303 e. The third-order valence-corrected chi connectivity index (χ3v) is 5.02. The van der Waals surface area contributed by atoms with Crippen molar-refractivity contribution in [1.82, 2.24) is 0 Å². The fourth-order valence-electron chi connectivity index (χ4n) is 3.26. The van der Waals surface area contributed by atoms with E-state index in [1.807, 2.05) is 36.4 Å². The summed E-state index contributed by atoms with van der Waals surface area (Å²) in [6, 6.07) is 11.0. The average molecular weight is 473 g/mol. The van der Waals surface area contributed by atoms with Crippen LogP contribution in [0.3, 0.4) is 0 Å². The van der Waals surface area contributed by atoms with Gasteiger partial charge in [0.1, 0.15) is 23.4 Å². The Bertz CT molecular complexity index is 919. The first-order valence-electron chi connectivity index (χ1n) is 12.1. The highest BCUT2D eigenvalue weighted by molar-refractivity contribution is 5.67. The first kappa shape index (κ1) is 27.5. The maximum atomic E-state index is 11.3. The molecule has 2 aromatic carbocycles. The third-order valence-electron chi connectivity index (χ3n) is 5.02. The van der Waals surface area contributed by atoms with E-state index < -0.39 is 12.1 Å². The molecule has 0 fully saturated rings. The third kappa shape index (κ3) is 8.90. The number of aliphatic carboxylic acids is 1. The number of carbonyl (C=O) groups is 1. The molecule has 0 aliphatic carbocycles. The highest BCUT2D eigenvalue weighted by Gasteiger charge is 2.19. The zero-order valence-electron chi connectivity index (χ0n) is 21.3. The summed E-state index contributed by atoms with van der Waals surface area (Å²) >= 11 is 0. The highest BCUT2D eigenvalue weighted by Crippen LogP contribution is 2.35. The highest BCUT2D eigenvalue weighted by atomic mass is 16.5. The van der Waals surface area contributed by atoms with Crippen LogP contribution in [0.25, 0.3) is 0 Å². The van der Waals surface area contributed by atoms with Gasteiger partial charge in [0.2, 0.25) is 0 Å². The predicted molar refractivity (Wildman–Crippen MR) is 134 cm³/mol. The Morgan fingerprint density at radius 3 is 1.97 bits per heavy atom. The Morgan fingerprint density at radius 1 is 0.794 bits per heavy atom. The SMILES string of the molecule is CC(C)COc1ccc(C(O)c2ccc(OCC(C)C)c(CCC(=O)O)c2)c(OCC(C)C)c1. The zero-order valence-corrected chi connectivity index (χ0v) is 21.3. The number of rotatable bonds is 14. The van der Waals surface area contributed by atoms with Gasteiger partial charge in [0.25, 0.3) is 0 Å². The van der Waals surface area contributed by atoms with Crippen molar-refractivity contribution in [3.63, 3.8) is 0 Å². The predicted octanol–water partition coefficient (Wildman–Crippen LogP) is 5.89. The number of aliphatic hydroxyl groups excluding tert-OH is 1. The van der Waals surface area contributed by atoms with Crippen LogP contribution >= 0.6 is 0 Å². The van der Waals surface area contributed by atoms with Gasteiger partial charge >= 0.3 is 5.97 Å². The fraction of sp³-hybridized carbons (Fsp3) is 0.536. The molecule has 6 nitrogen and oxygen atoms in total. The van der Waals surface area contributed by atoms with Gasteiger partial charge in [0.05, 0.1) is 19.8 Å². The molecule has 1 atom stereocenters. The lowest BCUT2D eigenvalue weighted by Gasteiger charge is -2.21. The van der Waals surface area contributed by atoms with Crippen molar-refractivity contribution in [3.05, 3.63) is 53.1 Å². The molecule has 0 aromatic heterocycles. The van der Waals surface area contributed by atoms with Gasteiger partial charge in [-0.15, -0.1) is 0 Å². The van der Waals surface area contributed by atoms with Crippen LogP contribution in [0.2, 0.25) is 0 Å². The van der Waals surface area contributed by atoms with E-state index in [0.717, 1.165) is 5.56 Å². The Kier molecular flexibility index (Phi) is 10.7. The fourth-order valence-corrected chi connectivity index (χ4v) is 3.26. The Labute approximate surface area is 203 Å². The van der Waals surface area contributed by atoms with Crippen molar-refractivity contribution in [3.8, 4) is 17.2 Å². The van der Waals surface area contributed by atoms with Crippen molar-refractivity contribution in [2.45, 2.75) is 60.5 Å². The van der Waals surface area contributed by atoms with Crippen LogP contribution in [0.5, 0.6) is 17.2 Å². The molecule has 0 radical (unpaired) electrons.